The maximum Gasteiger partial charge on any atom is 0.255 e. The predicted molar refractivity (Wildman–Crippen MR) is 253 cm³/mol. The number of hydrogen-bond donors (Lipinski definition) is 4. The number of carbonyl (C=O) groups is 5. The first kappa shape index (κ1) is 48.2. The van der Waals surface area contributed by atoms with E-state index in [1.54, 1.807) is 30.3 Å². The van der Waals surface area contributed by atoms with E-state index in [0.29, 0.717) is 91.3 Å². The number of imide groups is 1. The second-order valence-corrected chi connectivity index (χ2v) is 17.5. The first-order chi connectivity index (χ1) is 33.0. The van der Waals surface area contributed by atoms with Gasteiger partial charge in [0.15, 0.2) is 0 Å². The van der Waals surface area contributed by atoms with E-state index in [1.165, 1.54) is 29.4 Å². The summed E-state index contributed by atoms with van der Waals surface area (Å²) in [5.41, 5.74) is 3.73. The van der Waals surface area contributed by atoms with E-state index >= 15 is 0 Å². The number of ether oxygens (including phenoxy) is 3. The first-order valence-corrected chi connectivity index (χ1v) is 23.4. The highest BCUT2D eigenvalue weighted by Crippen LogP contribution is 2.35. The van der Waals surface area contributed by atoms with Crippen LogP contribution in [-0.4, -0.2) is 157 Å². The molecule has 0 spiro atoms. The van der Waals surface area contributed by atoms with Gasteiger partial charge in [-0.25, -0.2) is 14.4 Å². The molecule has 1 aromatic heterocycles. The summed E-state index contributed by atoms with van der Waals surface area (Å²) in [6.45, 7) is 11.6. The monoisotopic (exact) mass is 954 g/mol. The Kier molecular flexibility index (Phi) is 16.1. The number of carbonyl (C=O) groups excluding carboxylic acids is 5. The molecule has 68 heavy (non-hydrogen) atoms. The minimum Gasteiger partial charge on any atom is -0.491 e. The highest BCUT2D eigenvalue weighted by atomic mass is 35.5. The summed E-state index contributed by atoms with van der Waals surface area (Å²) >= 11 is 5.98. The Bertz CT molecular complexity index is 2520. The number of hydrogen-bond acceptors (Lipinski definition) is 14. The molecule has 0 aliphatic carbocycles. The third-order valence-corrected chi connectivity index (χ3v) is 13.0. The van der Waals surface area contributed by atoms with Gasteiger partial charge in [-0.1, -0.05) is 24.2 Å². The first-order valence-electron chi connectivity index (χ1n) is 23.0. The molecular weight excluding hydrogens is 899 g/mol. The van der Waals surface area contributed by atoms with E-state index in [2.05, 4.69) is 47.6 Å². The number of piperidine rings is 2. The van der Waals surface area contributed by atoms with E-state index in [-0.39, 0.29) is 48.9 Å². The molecule has 1 atom stereocenters. The van der Waals surface area contributed by atoms with E-state index in [0.717, 1.165) is 63.2 Å². The number of likely N-dealkylation sites (tertiary alicyclic amines) is 1. The van der Waals surface area contributed by atoms with Crippen molar-refractivity contribution >= 4 is 74.9 Å². The second kappa shape index (κ2) is 22.7. The number of amides is 5. The van der Waals surface area contributed by atoms with Gasteiger partial charge in [-0.3, -0.25) is 34.2 Å². The average molecular weight is 955 g/mol. The fourth-order valence-electron chi connectivity index (χ4n) is 9.09. The van der Waals surface area contributed by atoms with Gasteiger partial charge in [0, 0.05) is 92.2 Å². The number of benzene rings is 3. The van der Waals surface area contributed by atoms with Crippen LogP contribution in [0.5, 0.6) is 5.75 Å². The molecule has 1 unspecified atom stereocenters. The van der Waals surface area contributed by atoms with Crippen molar-refractivity contribution in [2.75, 3.05) is 101 Å². The molecule has 0 radical (unpaired) electrons. The third kappa shape index (κ3) is 11.9. The Balaban J connectivity index is 0.691. The fraction of sp³-hybridized carbons (Fsp3) is 0.438. The summed E-state index contributed by atoms with van der Waals surface area (Å²) in [4.78, 5) is 79.5. The molecule has 3 aromatic carbocycles. The van der Waals surface area contributed by atoms with Crippen molar-refractivity contribution in [1.29, 1.82) is 0 Å². The van der Waals surface area contributed by atoms with E-state index in [1.807, 2.05) is 11.0 Å². The van der Waals surface area contributed by atoms with Gasteiger partial charge >= 0.3 is 0 Å². The van der Waals surface area contributed by atoms with Crippen LogP contribution in [0.1, 0.15) is 48.0 Å². The summed E-state index contributed by atoms with van der Waals surface area (Å²) in [6.07, 6.45) is 5.99. The lowest BCUT2D eigenvalue weighted by Crippen LogP contribution is -2.54. The summed E-state index contributed by atoms with van der Waals surface area (Å²) < 4.78 is 31.4. The SMILES string of the molecule is C=CC(=O)Nc1cc2c(Nc3ccc(F)c(Cl)c3)ncnc2cc1OCCCN1CCC(N2CCN(C(=O)COCCOCCNc3cccc4c3CN(C3CCC(=O)NC3=O)C4=O)CC2)CC1. The molecule has 8 rings (SSSR count). The topological polar surface area (TPSA) is 200 Å². The molecule has 4 aliphatic heterocycles. The van der Waals surface area contributed by atoms with Crippen LogP contribution in [0, 0.1) is 5.82 Å². The second-order valence-electron chi connectivity index (χ2n) is 17.1. The number of nitrogens with zero attached hydrogens (tertiary/aromatic N) is 6. The smallest absolute Gasteiger partial charge is 0.255 e. The molecule has 4 aliphatic rings. The minimum atomic E-state index is -0.666. The van der Waals surface area contributed by atoms with Gasteiger partial charge < -0.3 is 44.9 Å². The maximum atomic E-state index is 13.8. The predicted octanol–water partition coefficient (Wildman–Crippen LogP) is 4.57. The van der Waals surface area contributed by atoms with Gasteiger partial charge in [0.1, 0.15) is 36.4 Å². The molecule has 360 valence electrons. The third-order valence-electron chi connectivity index (χ3n) is 12.7. The van der Waals surface area contributed by atoms with Crippen LogP contribution >= 0.6 is 11.6 Å². The molecule has 3 fully saturated rings. The molecule has 20 heteroatoms. The van der Waals surface area contributed by atoms with Crippen molar-refractivity contribution in [3.05, 3.63) is 89.5 Å². The number of rotatable bonds is 20. The molecule has 18 nitrogen and oxygen atoms in total. The summed E-state index contributed by atoms with van der Waals surface area (Å²) in [5.74, 6) is -1.00. The lowest BCUT2D eigenvalue weighted by atomic mass is 10.0. The molecule has 4 aromatic rings. The van der Waals surface area contributed by atoms with Crippen LogP contribution in [0.4, 0.5) is 27.3 Å². The van der Waals surface area contributed by atoms with Crippen LogP contribution in [0.15, 0.2) is 67.5 Å². The Morgan fingerprint density at radius 2 is 1.74 bits per heavy atom. The lowest BCUT2D eigenvalue weighted by molar-refractivity contribution is -0.139. The molecule has 0 saturated carbocycles. The zero-order valence-electron chi connectivity index (χ0n) is 37.8. The van der Waals surface area contributed by atoms with Crippen LogP contribution in [0.2, 0.25) is 5.02 Å². The van der Waals surface area contributed by atoms with Gasteiger partial charge in [-0.2, -0.15) is 0 Å². The Hall–Kier alpha value is -6.25. The van der Waals surface area contributed by atoms with Crippen molar-refractivity contribution in [2.24, 2.45) is 0 Å². The number of fused-ring (bicyclic) bond motifs is 2. The Morgan fingerprint density at radius 1 is 0.926 bits per heavy atom. The van der Waals surface area contributed by atoms with E-state index < -0.39 is 23.7 Å². The van der Waals surface area contributed by atoms with Gasteiger partial charge in [-0.15, -0.1) is 0 Å². The van der Waals surface area contributed by atoms with Gasteiger partial charge in [0.2, 0.25) is 23.6 Å². The minimum absolute atomic E-state index is 0.00487. The lowest BCUT2D eigenvalue weighted by Gasteiger charge is -2.42. The fourth-order valence-corrected chi connectivity index (χ4v) is 9.27. The van der Waals surface area contributed by atoms with Crippen LogP contribution in [0.25, 0.3) is 10.9 Å². The number of aromatic nitrogens is 2. The van der Waals surface area contributed by atoms with Crippen molar-refractivity contribution in [3.8, 4) is 5.75 Å². The number of anilines is 4. The standard InChI is InChI=1S/C48H56ClFN10O8/c1-2-43(61)55-40-26-34-39(52-30-53-46(34)54-31-7-8-37(50)36(49)25-31)27-42(40)68-21-4-14-57-15-11-32(12-16-57)58-17-19-59(20-18-58)45(63)29-67-24-23-66-22-13-51-38-6-3-5-33-35(38)28-60(48(33)65)41-9-10-44(62)56-47(41)64/h2-3,5-8,25-27,30,32,41,51H,1,4,9-24,28-29H2,(H,55,61)(H,52,53,54)(H,56,62,64). The molecular formula is C48H56ClFN10O8. The molecule has 3 saturated heterocycles. The largest absolute Gasteiger partial charge is 0.491 e. The maximum absolute atomic E-state index is 13.8. The van der Waals surface area contributed by atoms with Crippen molar-refractivity contribution < 1.29 is 42.6 Å². The Morgan fingerprint density at radius 3 is 2.51 bits per heavy atom. The van der Waals surface area contributed by atoms with Crippen LogP contribution < -0.4 is 26.0 Å². The number of nitrogens with one attached hydrogen (secondary N) is 4. The zero-order chi connectivity index (χ0) is 47.6. The van der Waals surface area contributed by atoms with Crippen molar-refractivity contribution in [2.45, 2.75) is 50.7 Å². The summed E-state index contributed by atoms with van der Waals surface area (Å²) in [5, 5.41) is 12.2. The molecule has 5 heterocycles. The Labute approximate surface area is 398 Å². The number of halogens is 2. The molecule has 5 amide bonds. The quantitative estimate of drug-likeness (QED) is 0.0546. The summed E-state index contributed by atoms with van der Waals surface area (Å²) in [6, 6.07) is 13.0. The molecule has 0 bridgehead atoms. The average Bonchev–Trinajstić information content (AvgIpc) is 3.68. The zero-order valence-corrected chi connectivity index (χ0v) is 38.5. The normalized spacial score (nSPS) is 18.1. The van der Waals surface area contributed by atoms with Gasteiger partial charge in [0.25, 0.3) is 5.91 Å². The molecule has 4 N–H and O–H groups in total. The van der Waals surface area contributed by atoms with Crippen molar-refractivity contribution in [1.82, 2.24) is 34.9 Å². The van der Waals surface area contributed by atoms with Gasteiger partial charge in [-0.05, 0) is 81.2 Å². The highest BCUT2D eigenvalue weighted by molar-refractivity contribution is 6.31. The summed E-state index contributed by atoms with van der Waals surface area (Å²) in [7, 11) is 0. The van der Waals surface area contributed by atoms with Gasteiger partial charge in [0.05, 0.1) is 42.7 Å². The van der Waals surface area contributed by atoms with Crippen molar-refractivity contribution in [3.63, 3.8) is 0 Å². The van der Waals surface area contributed by atoms with E-state index in [4.69, 9.17) is 25.8 Å². The highest BCUT2D eigenvalue weighted by Gasteiger charge is 2.40. The van der Waals surface area contributed by atoms with Crippen LogP contribution in [-0.2, 0) is 35.2 Å². The van der Waals surface area contributed by atoms with E-state index in [9.17, 15) is 28.4 Å². The number of piperazine rings is 1. The van der Waals surface area contributed by atoms with Crippen LogP contribution in [0.3, 0.4) is 0 Å².